The van der Waals surface area contributed by atoms with E-state index in [9.17, 15) is 0 Å². The molecule has 0 aliphatic carbocycles. The molecule has 1 saturated heterocycles. The summed E-state index contributed by atoms with van der Waals surface area (Å²) in [7, 11) is 1.76. The first-order valence-electron chi connectivity index (χ1n) is 5.35. The van der Waals surface area contributed by atoms with Gasteiger partial charge in [0, 0.05) is 37.8 Å². The third kappa shape index (κ3) is 3.56. The molecule has 3 heteroatoms. The summed E-state index contributed by atoms with van der Waals surface area (Å²) in [6.45, 7) is 13.1. The van der Waals surface area contributed by atoms with Crippen LogP contribution in [0.3, 0.4) is 0 Å². The van der Waals surface area contributed by atoms with Crippen molar-refractivity contribution in [3.8, 4) is 0 Å². The SMILES string of the molecule is COCCN1CC(C)(C)NC(C)(C)C1. The molecule has 0 atom stereocenters. The summed E-state index contributed by atoms with van der Waals surface area (Å²) in [5.41, 5.74) is 0.408. The Bertz CT molecular complexity index is 174. The molecule has 1 heterocycles. The Morgan fingerprint density at radius 2 is 1.64 bits per heavy atom. The Labute approximate surface area is 87.8 Å². The molecule has 0 radical (unpaired) electrons. The van der Waals surface area contributed by atoms with Crippen molar-refractivity contribution in [2.24, 2.45) is 0 Å². The normalized spacial score (nSPS) is 26.4. The minimum Gasteiger partial charge on any atom is -0.383 e. The average Bonchev–Trinajstić information content (AvgIpc) is 1.94. The Morgan fingerprint density at radius 1 is 1.14 bits per heavy atom. The van der Waals surface area contributed by atoms with Gasteiger partial charge >= 0.3 is 0 Å². The molecule has 0 bridgehead atoms. The molecule has 0 spiro atoms. The van der Waals surface area contributed by atoms with E-state index in [0.29, 0.717) is 0 Å². The van der Waals surface area contributed by atoms with Gasteiger partial charge in [-0.3, -0.25) is 4.90 Å². The highest BCUT2D eigenvalue weighted by atomic mass is 16.5. The summed E-state index contributed by atoms with van der Waals surface area (Å²) in [5.74, 6) is 0. The second-order valence-electron chi connectivity index (χ2n) is 5.60. The van der Waals surface area contributed by atoms with E-state index < -0.39 is 0 Å². The van der Waals surface area contributed by atoms with Crippen molar-refractivity contribution in [2.75, 3.05) is 33.4 Å². The predicted octanol–water partition coefficient (Wildman–Crippen LogP) is 1.10. The zero-order chi connectivity index (χ0) is 10.8. The molecule has 0 saturated carbocycles. The van der Waals surface area contributed by atoms with Crippen LogP contribution < -0.4 is 5.32 Å². The molecule has 84 valence electrons. The Kier molecular flexibility index (Phi) is 3.56. The number of nitrogens with one attached hydrogen (secondary N) is 1. The fourth-order valence-corrected chi connectivity index (χ4v) is 2.55. The Balaban J connectivity index is 2.53. The standard InChI is InChI=1S/C11H24N2O/c1-10(2)8-13(6-7-14-5)9-11(3,4)12-10/h12H,6-9H2,1-5H3. The summed E-state index contributed by atoms with van der Waals surface area (Å²) in [5, 5.41) is 3.66. The minimum absolute atomic E-state index is 0.204. The van der Waals surface area contributed by atoms with Crippen molar-refractivity contribution < 1.29 is 4.74 Å². The molecule has 0 amide bonds. The molecule has 0 aromatic heterocycles. The van der Waals surface area contributed by atoms with Crippen LogP contribution in [0.1, 0.15) is 27.7 Å². The van der Waals surface area contributed by atoms with Crippen molar-refractivity contribution in [3.63, 3.8) is 0 Å². The van der Waals surface area contributed by atoms with E-state index in [1.165, 1.54) is 0 Å². The summed E-state index contributed by atoms with van der Waals surface area (Å²) in [6, 6.07) is 0. The lowest BCUT2D eigenvalue weighted by molar-refractivity contribution is 0.0560. The molecule has 3 nitrogen and oxygen atoms in total. The topological polar surface area (TPSA) is 24.5 Å². The van der Waals surface area contributed by atoms with Crippen LogP contribution in [0, 0.1) is 0 Å². The zero-order valence-electron chi connectivity index (χ0n) is 10.2. The first-order valence-corrected chi connectivity index (χ1v) is 5.35. The van der Waals surface area contributed by atoms with Gasteiger partial charge in [0.05, 0.1) is 6.61 Å². The van der Waals surface area contributed by atoms with E-state index in [4.69, 9.17) is 4.74 Å². The van der Waals surface area contributed by atoms with Crippen LogP contribution in [-0.4, -0.2) is 49.3 Å². The lowest BCUT2D eigenvalue weighted by Gasteiger charge is -2.48. The van der Waals surface area contributed by atoms with Gasteiger partial charge in [-0.2, -0.15) is 0 Å². The fourth-order valence-electron chi connectivity index (χ4n) is 2.55. The van der Waals surface area contributed by atoms with Crippen molar-refractivity contribution in [3.05, 3.63) is 0 Å². The average molecular weight is 200 g/mol. The number of rotatable bonds is 3. The molecule has 0 aromatic carbocycles. The molecule has 1 aliphatic rings. The number of ether oxygens (including phenoxy) is 1. The van der Waals surface area contributed by atoms with Gasteiger partial charge in [-0.05, 0) is 27.7 Å². The van der Waals surface area contributed by atoms with Crippen LogP contribution >= 0.6 is 0 Å². The summed E-state index contributed by atoms with van der Waals surface area (Å²) >= 11 is 0. The van der Waals surface area contributed by atoms with E-state index in [0.717, 1.165) is 26.2 Å². The molecule has 1 fully saturated rings. The number of hydrogen-bond acceptors (Lipinski definition) is 3. The van der Waals surface area contributed by atoms with Crippen LogP contribution in [0.4, 0.5) is 0 Å². The second kappa shape index (κ2) is 4.17. The predicted molar refractivity (Wildman–Crippen MR) is 59.6 cm³/mol. The number of hydrogen-bond donors (Lipinski definition) is 1. The van der Waals surface area contributed by atoms with Crippen LogP contribution in [-0.2, 0) is 4.74 Å². The first kappa shape index (κ1) is 12.0. The second-order valence-corrected chi connectivity index (χ2v) is 5.60. The molecule has 1 rings (SSSR count). The van der Waals surface area contributed by atoms with E-state index in [2.05, 4.69) is 37.9 Å². The van der Waals surface area contributed by atoms with Crippen LogP contribution in [0.15, 0.2) is 0 Å². The maximum Gasteiger partial charge on any atom is 0.0589 e. The van der Waals surface area contributed by atoms with Gasteiger partial charge in [-0.25, -0.2) is 0 Å². The van der Waals surface area contributed by atoms with Gasteiger partial charge < -0.3 is 10.1 Å². The van der Waals surface area contributed by atoms with Crippen LogP contribution in [0.5, 0.6) is 0 Å². The summed E-state index contributed by atoms with van der Waals surface area (Å²) in [4.78, 5) is 2.47. The first-order chi connectivity index (χ1) is 6.35. The molecule has 0 unspecified atom stereocenters. The number of nitrogens with zero attached hydrogens (tertiary/aromatic N) is 1. The van der Waals surface area contributed by atoms with Crippen LogP contribution in [0.25, 0.3) is 0 Å². The van der Waals surface area contributed by atoms with E-state index in [1.807, 2.05) is 0 Å². The maximum atomic E-state index is 5.12. The summed E-state index contributed by atoms with van der Waals surface area (Å²) < 4.78 is 5.12. The zero-order valence-corrected chi connectivity index (χ0v) is 10.2. The molecular weight excluding hydrogens is 176 g/mol. The van der Waals surface area contributed by atoms with Crippen molar-refractivity contribution in [1.29, 1.82) is 0 Å². The Hall–Kier alpha value is -0.120. The number of methoxy groups -OCH3 is 1. The van der Waals surface area contributed by atoms with E-state index in [-0.39, 0.29) is 11.1 Å². The highest BCUT2D eigenvalue weighted by molar-refractivity contribution is 4.97. The van der Waals surface area contributed by atoms with Gasteiger partial charge in [-0.15, -0.1) is 0 Å². The molecule has 1 aliphatic heterocycles. The van der Waals surface area contributed by atoms with Crippen molar-refractivity contribution in [1.82, 2.24) is 10.2 Å². The fraction of sp³-hybridized carbons (Fsp3) is 1.00. The quantitative estimate of drug-likeness (QED) is 0.738. The maximum absolute atomic E-state index is 5.12. The smallest absolute Gasteiger partial charge is 0.0589 e. The monoisotopic (exact) mass is 200 g/mol. The molecule has 1 N–H and O–H groups in total. The number of piperazine rings is 1. The van der Waals surface area contributed by atoms with Gasteiger partial charge in [0.25, 0.3) is 0 Å². The highest BCUT2D eigenvalue weighted by Crippen LogP contribution is 2.20. The van der Waals surface area contributed by atoms with Gasteiger partial charge in [0.15, 0.2) is 0 Å². The van der Waals surface area contributed by atoms with Gasteiger partial charge in [0.2, 0.25) is 0 Å². The largest absolute Gasteiger partial charge is 0.383 e. The minimum atomic E-state index is 0.204. The van der Waals surface area contributed by atoms with E-state index in [1.54, 1.807) is 7.11 Å². The lowest BCUT2D eigenvalue weighted by Crippen LogP contribution is -2.66. The molecule has 14 heavy (non-hydrogen) atoms. The van der Waals surface area contributed by atoms with Crippen LogP contribution in [0.2, 0.25) is 0 Å². The third-order valence-corrected chi connectivity index (χ3v) is 2.53. The molecule has 0 aromatic rings. The van der Waals surface area contributed by atoms with Crippen molar-refractivity contribution in [2.45, 2.75) is 38.8 Å². The third-order valence-electron chi connectivity index (χ3n) is 2.53. The van der Waals surface area contributed by atoms with Crippen molar-refractivity contribution >= 4 is 0 Å². The Morgan fingerprint density at radius 3 is 2.07 bits per heavy atom. The lowest BCUT2D eigenvalue weighted by atomic mass is 9.91. The van der Waals surface area contributed by atoms with Gasteiger partial charge in [0.1, 0.15) is 0 Å². The van der Waals surface area contributed by atoms with E-state index >= 15 is 0 Å². The van der Waals surface area contributed by atoms with Gasteiger partial charge in [-0.1, -0.05) is 0 Å². The molecular formula is C11H24N2O. The summed E-state index contributed by atoms with van der Waals surface area (Å²) in [6.07, 6.45) is 0. The highest BCUT2D eigenvalue weighted by Gasteiger charge is 2.35.